The lowest BCUT2D eigenvalue weighted by Crippen LogP contribution is -2.21. The monoisotopic (exact) mass is 731 g/mol. The van der Waals surface area contributed by atoms with Crippen LogP contribution in [0.3, 0.4) is 0 Å². The molecule has 1 aliphatic heterocycles. The number of hydrogen-bond donors (Lipinski definition) is 0. The van der Waals surface area contributed by atoms with E-state index in [0.29, 0.717) is 5.82 Å². The average Bonchev–Trinajstić information content (AvgIpc) is 3.97. The van der Waals surface area contributed by atoms with E-state index in [4.69, 9.17) is 19.1 Å². The standard InChI is InChI=1S/C52H33N3O2/c1-4-14-32(15-5-1)44-31-45(54-52(53-44)33-16-6-2-7-17-33)42-24-13-23-39-41-28-27-40-38-22-12-21-36(48(38)56-50(40)51(41)57-49(39)42)34-26-29-47-43(30-34)37-20-10-11-25-46(37)55(47)35-18-8-3-9-19-35/h1-31,38,48H. The number of nitrogens with zero attached hydrogens (tertiary/aromatic N) is 3. The van der Waals surface area contributed by atoms with Gasteiger partial charge >= 0.3 is 0 Å². The predicted molar refractivity (Wildman–Crippen MR) is 231 cm³/mol. The third-order valence-corrected chi connectivity index (χ3v) is 11.6. The fourth-order valence-corrected chi connectivity index (χ4v) is 8.96. The molecule has 57 heavy (non-hydrogen) atoms. The highest BCUT2D eigenvalue weighted by molar-refractivity contribution is 6.12. The van der Waals surface area contributed by atoms with Gasteiger partial charge < -0.3 is 13.7 Å². The molecule has 0 amide bonds. The number of benzene rings is 7. The highest BCUT2D eigenvalue weighted by Crippen LogP contribution is 2.51. The Balaban J connectivity index is 0.967. The fourth-order valence-electron chi connectivity index (χ4n) is 8.96. The Labute approximate surface area is 328 Å². The first-order chi connectivity index (χ1) is 28.3. The maximum Gasteiger partial charge on any atom is 0.177 e. The lowest BCUT2D eigenvalue weighted by Gasteiger charge is -2.23. The van der Waals surface area contributed by atoms with Crippen LogP contribution in [0.1, 0.15) is 17.0 Å². The van der Waals surface area contributed by atoms with Crippen LogP contribution in [0, 0.1) is 0 Å². The Morgan fingerprint density at radius 3 is 2.05 bits per heavy atom. The van der Waals surface area contributed by atoms with Gasteiger partial charge in [-0.25, -0.2) is 9.97 Å². The second-order valence-electron chi connectivity index (χ2n) is 14.8. The van der Waals surface area contributed by atoms with Crippen molar-refractivity contribution in [2.24, 2.45) is 0 Å². The number of rotatable bonds is 5. The molecule has 12 rings (SSSR count). The molecular formula is C52H33N3O2. The molecule has 10 aromatic rings. The Kier molecular flexibility index (Phi) is 6.99. The molecule has 0 fully saturated rings. The van der Waals surface area contributed by atoms with Crippen molar-refractivity contribution >= 4 is 49.3 Å². The van der Waals surface area contributed by atoms with Crippen LogP contribution in [0.25, 0.3) is 88.9 Å². The molecule has 2 unspecified atom stereocenters. The zero-order valence-corrected chi connectivity index (χ0v) is 30.7. The number of allylic oxidation sites excluding steroid dienone is 2. The van der Waals surface area contributed by atoms with Crippen molar-refractivity contribution in [1.82, 2.24) is 14.5 Å². The van der Waals surface area contributed by atoms with Crippen LogP contribution in [0.15, 0.2) is 193 Å². The number of hydrogen-bond acceptors (Lipinski definition) is 4. The van der Waals surface area contributed by atoms with Gasteiger partial charge in [-0.3, -0.25) is 0 Å². The summed E-state index contributed by atoms with van der Waals surface area (Å²) in [5.41, 5.74) is 13.1. The van der Waals surface area contributed by atoms with Crippen molar-refractivity contribution in [3.05, 3.63) is 199 Å². The Morgan fingerprint density at radius 1 is 0.509 bits per heavy atom. The van der Waals surface area contributed by atoms with Crippen LogP contribution in [-0.4, -0.2) is 20.6 Å². The van der Waals surface area contributed by atoms with Gasteiger partial charge in [0.15, 0.2) is 17.2 Å². The molecule has 1 aliphatic carbocycles. The lowest BCUT2D eigenvalue weighted by molar-refractivity contribution is 0.278. The largest absolute Gasteiger partial charge is 0.480 e. The third-order valence-electron chi connectivity index (χ3n) is 11.6. The van der Waals surface area contributed by atoms with Crippen LogP contribution in [0.5, 0.6) is 5.75 Å². The normalized spacial score (nSPS) is 15.9. The van der Waals surface area contributed by atoms with Crippen molar-refractivity contribution in [1.29, 1.82) is 0 Å². The van der Waals surface area contributed by atoms with Crippen LogP contribution in [0.4, 0.5) is 0 Å². The summed E-state index contributed by atoms with van der Waals surface area (Å²) in [6.07, 6.45) is 6.46. The molecule has 268 valence electrons. The second kappa shape index (κ2) is 12.5. The van der Waals surface area contributed by atoms with E-state index < -0.39 is 0 Å². The minimum atomic E-state index is -0.188. The van der Waals surface area contributed by atoms with Gasteiger partial charge in [-0.2, -0.15) is 0 Å². The highest BCUT2D eigenvalue weighted by Gasteiger charge is 2.39. The highest BCUT2D eigenvalue weighted by atomic mass is 16.5. The summed E-state index contributed by atoms with van der Waals surface area (Å²) in [6, 6.07) is 59.3. The first-order valence-corrected chi connectivity index (χ1v) is 19.4. The van der Waals surface area contributed by atoms with Gasteiger partial charge in [0.25, 0.3) is 0 Å². The van der Waals surface area contributed by atoms with Gasteiger partial charge in [0.05, 0.1) is 22.4 Å². The molecule has 3 aromatic heterocycles. The molecule has 0 radical (unpaired) electrons. The van der Waals surface area contributed by atoms with Crippen LogP contribution in [-0.2, 0) is 0 Å². The van der Waals surface area contributed by atoms with E-state index in [0.717, 1.165) is 78.2 Å². The summed E-state index contributed by atoms with van der Waals surface area (Å²) in [7, 11) is 0. The maximum atomic E-state index is 7.05. The molecule has 0 bridgehead atoms. The number of aromatic nitrogens is 3. The first-order valence-electron chi connectivity index (χ1n) is 19.4. The van der Waals surface area contributed by atoms with Crippen molar-refractivity contribution in [2.75, 3.05) is 0 Å². The molecule has 0 saturated carbocycles. The molecule has 0 saturated heterocycles. The number of para-hydroxylation sites is 3. The molecule has 0 spiro atoms. The van der Waals surface area contributed by atoms with Crippen molar-refractivity contribution in [3.8, 4) is 45.3 Å². The maximum absolute atomic E-state index is 7.05. The van der Waals surface area contributed by atoms with Crippen molar-refractivity contribution < 1.29 is 9.15 Å². The van der Waals surface area contributed by atoms with E-state index in [9.17, 15) is 0 Å². The smallest absolute Gasteiger partial charge is 0.177 e. The molecular weight excluding hydrogens is 699 g/mol. The first kappa shape index (κ1) is 31.8. The Morgan fingerprint density at radius 2 is 1.21 bits per heavy atom. The zero-order valence-electron chi connectivity index (χ0n) is 30.7. The average molecular weight is 732 g/mol. The fraction of sp³-hybridized carbons (Fsp3) is 0.0385. The van der Waals surface area contributed by atoms with Gasteiger partial charge in [0.2, 0.25) is 0 Å². The molecule has 7 aromatic carbocycles. The van der Waals surface area contributed by atoms with E-state index in [-0.39, 0.29) is 12.0 Å². The SMILES string of the molecule is C1=CC2c3ccc4c(oc5c(-c6cc(-c7ccccc7)nc(-c7ccccc7)n6)cccc54)c3OC2C(c2ccc3c(c2)c2ccccc2n3-c2ccccc2)=C1. The van der Waals surface area contributed by atoms with E-state index in [1.165, 1.54) is 21.8 Å². The summed E-state index contributed by atoms with van der Waals surface area (Å²) in [4.78, 5) is 10.1. The molecule has 5 heteroatoms. The zero-order chi connectivity index (χ0) is 37.5. The number of fused-ring (bicyclic) bond motifs is 10. The van der Waals surface area contributed by atoms with Crippen LogP contribution >= 0.6 is 0 Å². The molecule has 4 heterocycles. The number of ether oxygens (including phenoxy) is 1. The quantitative estimate of drug-likeness (QED) is 0.177. The summed E-state index contributed by atoms with van der Waals surface area (Å²) in [6.45, 7) is 0. The summed E-state index contributed by atoms with van der Waals surface area (Å²) in [5, 5.41) is 4.50. The molecule has 2 atom stereocenters. The Hall–Kier alpha value is -7.50. The summed E-state index contributed by atoms with van der Waals surface area (Å²) >= 11 is 0. The minimum Gasteiger partial charge on any atom is -0.480 e. The third kappa shape index (κ3) is 4.95. The van der Waals surface area contributed by atoms with Gasteiger partial charge in [-0.1, -0.05) is 140 Å². The molecule has 2 aliphatic rings. The van der Waals surface area contributed by atoms with Gasteiger partial charge in [0.1, 0.15) is 11.7 Å². The lowest BCUT2D eigenvalue weighted by atomic mass is 9.84. The van der Waals surface area contributed by atoms with Crippen molar-refractivity contribution in [3.63, 3.8) is 0 Å². The minimum absolute atomic E-state index is 0.0576. The van der Waals surface area contributed by atoms with Crippen LogP contribution < -0.4 is 4.74 Å². The second-order valence-corrected chi connectivity index (χ2v) is 14.8. The van der Waals surface area contributed by atoms with E-state index in [1.54, 1.807) is 0 Å². The number of furan rings is 1. The topological polar surface area (TPSA) is 53.1 Å². The van der Waals surface area contributed by atoms with Gasteiger partial charge in [-0.15, -0.1) is 0 Å². The summed E-state index contributed by atoms with van der Waals surface area (Å²) < 4.78 is 16.3. The van der Waals surface area contributed by atoms with E-state index in [2.05, 4.69) is 144 Å². The Bertz CT molecular complexity index is 3210. The molecule has 0 N–H and O–H groups in total. The van der Waals surface area contributed by atoms with Gasteiger partial charge in [0, 0.05) is 61.0 Å². The van der Waals surface area contributed by atoms with Crippen molar-refractivity contribution in [2.45, 2.75) is 12.0 Å². The molecule has 5 nitrogen and oxygen atoms in total. The van der Waals surface area contributed by atoms with E-state index in [1.807, 2.05) is 48.5 Å². The van der Waals surface area contributed by atoms with E-state index >= 15 is 0 Å². The summed E-state index contributed by atoms with van der Waals surface area (Å²) in [5.74, 6) is 1.53. The van der Waals surface area contributed by atoms with Gasteiger partial charge in [-0.05, 0) is 54.1 Å². The van der Waals surface area contributed by atoms with Crippen LogP contribution in [0.2, 0.25) is 0 Å². The predicted octanol–water partition coefficient (Wildman–Crippen LogP) is 13.0.